The van der Waals surface area contributed by atoms with E-state index in [1.165, 1.54) is 6.92 Å². The maximum absolute atomic E-state index is 13.1. The molecule has 24 heavy (non-hydrogen) atoms. The summed E-state index contributed by atoms with van der Waals surface area (Å²) in [7, 11) is 3.79. The van der Waals surface area contributed by atoms with E-state index in [0.29, 0.717) is 17.5 Å². The van der Waals surface area contributed by atoms with Crippen LogP contribution >= 0.6 is 11.6 Å². The Bertz CT molecular complexity index is 757. The Morgan fingerprint density at radius 1 is 1.42 bits per heavy atom. The lowest BCUT2D eigenvalue weighted by Gasteiger charge is -2.09. The molecule has 0 unspecified atom stereocenters. The van der Waals surface area contributed by atoms with Gasteiger partial charge in [-0.1, -0.05) is 11.6 Å². The minimum Gasteiger partial charge on any atom is -0.351 e. The fourth-order valence-corrected chi connectivity index (χ4v) is 2.39. The van der Waals surface area contributed by atoms with Crippen molar-refractivity contribution in [3.05, 3.63) is 28.2 Å². The number of carbonyl (C=O) groups is 1. The number of aryl methyl sites for hydroxylation is 1. The summed E-state index contributed by atoms with van der Waals surface area (Å²) in [5.41, 5.74) is -1.36. The van der Waals surface area contributed by atoms with E-state index in [9.17, 15) is 18.0 Å². The van der Waals surface area contributed by atoms with Gasteiger partial charge in [0.15, 0.2) is 11.3 Å². The van der Waals surface area contributed by atoms with Crippen molar-refractivity contribution in [1.82, 2.24) is 24.8 Å². The number of aromatic nitrogens is 3. The Morgan fingerprint density at radius 2 is 2.08 bits per heavy atom. The van der Waals surface area contributed by atoms with Gasteiger partial charge in [0.1, 0.15) is 10.7 Å². The minimum atomic E-state index is -4.64. The average Bonchev–Trinajstić information content (AvgIpc) is 2.79. The summed E-state index contributed by atoms with van der Waals surface area (Å²) in [6.07, 6.45) is -3.95. The van der Waals surface area contributed by atoms with E-state index in [1.54, 1.807) is 0 Å². The molecule has 0 aromatic carbocycles. The van der Waals surface area contributed by atoms with Crippen LogP contribution in [0.3, 0.4) is 0 Å². The third kappa shape index (κ3) is 3.96. The molecule has 0 aliphatic carbocycles. The second-order valence-corrected chi connectivity index (χ2v) is 5.97. The first kappa shape index (κ1) is 18.5. The zero-order valence-corrected chi connectivity index (χ0v) is 14.2. The van der Waals surface area contributed by atoms with Crippen molar-refractivity contribution in [2.24, 2.45) is 0 Å². The number of carbonyl (C=O) groups excluding carboxylic acids is 1. The van der Waals surface area contributed by atoms with Crippen molar-refractivity contribution < 1.29 is 18.0 Å². The molecule has 0 aliphatic rings. The lowest BCUT2D eigenvalue weighted by molar-refractivity contribution is -0.142. The SMILES string of the molecule is Cc1cc(C(F)(F)F)n2nc(C(=O)NCCCN(C)C)c(Cl)c2n1. The molecule has 2 heterocycles. The summed E-state index contributed by atoms with van der Waals surface area (Å²) >= 11 is 6.03. The molecule has 1 amide bonds. The van der Waals surface area contributed by atoms with Crippen LogP contribution in [0.2, 0.25) is 5.02 Å². The second kappa shape index (κ2) is 6.94. The molecule has 132 valence electrons. The molecule has 0 fully saturated rings. The van der Waals surface area contributed by atoms with Gasteiger partial charge in [0.2, 0.25) is 0 Å². The number of nitrogens with zero attached hydrogens (tertiary/aromatic N) is 4. The summed E-state index contributed by atoms with van der Waals surface area (Å²) in [6.45, 7) is 2.54. The standard InChI is InChI=1S/C14H17ClF3N5O/c1-8-7-9(14(16,17)18)23-12(20-8)10(15)11(21-23)13(24)19-5-4-6-22(2)3/h7H,4-6H2,1-3H3,(H,19,24). The van der Waals surface area contributed by atoms with Gasteiger partial charge in [-0.2, -0.15) is 18.3 Å². The van der Waals surface area contributed by atoms with Crippen LogP contribution in [0, 0.1) is 6.92 Å². The monoisotopic (exact) mass is 363 g/mol. The third-order valence-electron chi connectivity index (χ3n) is 3.23. The zero-order chi connectivity index (χ0) is 18.1. The summed E-state index contributed by atoms with van der Waals surface area (Å²) in [6, 6.07) is 0.856. The highest BCUT2D eigenvalue weighted by atomic mass is 35.5. The molecule has 1 N–H and O–H groups in total. The van der Waals surface area contributed by atoms with Crippen molar-refractivity contribution in [3.8, 4) is 0 Å². The van der Waals surface area contributed by atoms with Gasteiger partial charge in [-0.25, -0.2) is 9.50 Å². The largest absolute Gasteiger partial charge is 0.433 e. The molecule has 0 atom stereocenters. The van der Waals surface area contributed by atoms with Gasteiger partial charge in [0, 0.05) is 12.2 Å². The highest BCUT2D eigenvalue weighted by molar-refractivity contribution is 6.36. The lowest BCUT2D eigenvalue weighted by atomic mass is 10.3. The molecule has 0 saturated heterocycles. The molecule has 0 bridgehead atoms. The molecule has 6 nitrogen and oxygen atoms in total. The highest BCUT2D eigenvalue weighted by Crippen LogP contribution is 2.32. The molecule has 2 aromatic rings. The first-order valence-electron chi connectivity index (χ1n) is 7.17. The Labute approximate surface area is 141 Å². The van der Waals surface area contributed by atoms with Crippen LogP contribution in [0.4, 0.5) is 13.2 Å². The molecule has 2 rings (SSSR count). The molecule has 0 radical (unpaired) electrons. The van der Waals surface area contributed by atoms with E-state index in [-0.39, 0.29) is 22.1 Å². The first-order chi connectivity index (χ1) is 11.1. The third-order valence-corrected chi connectivity index (χ3v) is 3.58. The molecule has 10 heteroatoms. The quantitative estimate of drug-likeness (QED) is 0.829. The van der Waals surface area contributed by atoms with Crippen molar-refractivity contribution >= 4 is 23.2 Å². The fraction of sp³-hybridized carbons (Fsp3) is 0.500. The van der Waals surface area contributed by atoms with Gasteiger partial charge in [-0.15, -0.1) is 0 Å². The predicted octanol–water partition coefficient (Wildman–Crippen LogP) is 2.39. The Balaban J connectivity index is 2.32. The van der Waals surface area contributed by atoms with E-state index < -0.39 is 17.8 Å². The van der Waals surface area contributed by atoms with Crippen molar-refractivity contribution in [2.75, 3.05) is 27.2 Å². The van der Waals surface area contributed by atoms with Crippen LogP contribution in [-0.2, 0) is 6.18 Å². The van der Waals surface area contributed by atoms with E-state index in [4.69, 9.17) is 11.6 Å². The van der Waals surface area contributed by atoms with Crippen molar-refractivity contribution in [2.45, 2.75) is 19.5 Å². The van der Waals surface area contributed by atoms with Crippen molar-refractivity contribution in [3.63, 3.8) is 0 Å². The van der Waals surface area contributed by atoms with Gasteiger partial charge in [-0.3, -0.25) is 4.79 Å². The Morgan fingerprint density at radius 3 is 2.67 bits per heavy atom. The van der Waals surface area contributed by atoms with Crippen molar-refractivity contribution in [1.29, 1.82) is 0 Å². The second-order valence-electron chi connectivity index (χ2n) is 5.59. The van der Waals surface area contributed by atoms with E-state index >= 15 is 0 Å². The van der Waals surface area contributed by atoms with E-state index in [2.05, 4.69) is 15.4 Å². The van der Waals surface area contributed by atoms with Crippen LogP contribution in [0.15, 0.2) is 6.07 Å². The maximum atomic E-state index is 13.1. The lowest BCUT2D eigenvalue weighted by Crippen LogP contribution is -2.27. The molecule has 2 aromatic heterocycles. The topological polar surface area (TPSA) is 62.5 Å². The number of nitrogens with one attached hydrogen (secondary N) is 1. The van der Waals surface area contributed by atoms with Gasteiger partial charge in [0.25, 0.3) is 5.91 Å². The van der Waals surface area contributed by atoms with Gasteiger partial charge >= 0.3 is 6.18 Å². The molecule has 0 spiro atoms. The van der Waals surface area contributed by atoms with E-state index in [1.807, 2.05) is 19.0 Å². The first-order valence-corrected chi connectivity index (χ1v) is 7.55. The number of fused-ring (bicyclic) bond motifs is 1. The van der Waals surface area contributed by atoms with Crippen LogP contribution < -0.4 is 5.32 Å². The Kier molecular flexibility index (Phi) is 5.34. The summed E-state index contributed by atoms with van der Waals surface area (Å²) in [5.74, 6) is -0.630. The maximum Gasteiger partial charge on any atom is 0.433 e. The Hall–Kier alpha value is -1.87. The average molecular weight is 364 g/mol. The molecule has 0 saturated carbocycles. The number of hydrogen-bond donors (Lipinski definition) is 1. The normalized spacial score (nSPS) is 12.2. The van der Waals surface area contributed by atoms with Crippen LogP contribution in [0.1, 0.15) is 28.3 Å². The minimum absolute atomic E-state index is 0.134. The number of rotatable bonds is 5. The molecular formula is C14H17ClF3N5O. The van der Waals surface area contributed by atoms with E-state index in [0.717, 1.165) is 12.6 Å². The zero-order valence-electron chi connectivity index (χ0n) is 13.4. The number of hydrogen-bond acceptors (Lipinski definition) is 4. The summed E-state index contributed by atoms with van der Waals surface area (Å²) in [4.78, 5) is 18.0. The molecular weight excluding hydrogens is 347 g/mol. The van der Waals surface area contributed by atoms with Gasteiger partial charge in [-0.05, 0) is 40.1 Å². The molecule has 0 aliphatic heterocycles. The highest BCUT2D eigenvalue weighted by Gasteiger charge is 2.36. The van der Waals surface area contributed by atoms with Crippen LogP contribution in [0.25, 0.3) is 5.65 Å². The fourth-order valence-electron chi connectivity index (χ4n) is 2.14. The van der Waals surface area contributed by atoms with Crippen LogP contribution in [0.5, 0.6) is 0 Å². The smallest absolute Gasteiger partial charge is 0.351 e. The van der Waals surface area contributed by atoms with Crippen LogP contribution in [-0.4, -0.2) is 52.6 Å². The predicted molar refractivity (Wildman–Crippen MR) is 83.2 cm³/mol. The number of alkyl halides is 3. The number of amides is 1. The summed E-state index contributed by atoms with van der Waals surface area (Å²) < 4.78 is 39.9. The van der Waals surface area contributed by atoms with Gasteiger partial charge < -0.3 is 10.2 Å². The summed E-state index contributed by atoms with van der Waals surface area (Å²) in [5, 5.41) is 6.11. The van der Waals surface area contributed by atoms with Gasteiger partial charge in [0.05, 0.1) is 0 Å². The number of halogens is 4.